The maximum absolute atomic E-state index is 10.1. The highest BCUT2D eigenvalue weighted by molar-refractivity contribution is 6.66. The summed E-state index contributed by atoms with van der Waals surface area (Å²) in [6.07, 6.45) is 1.73. The van der Waals surface area contributed by atoms with Gasteiger partial charge in [-0.2, -0.15) is 0 Å². The van der Waals surface area contributed by atoms with E-state index >= 15 is 0 Å². The first-order valence-corrected chi connectivity index (χ1v) is 6.80. The highest BCUT2D eigenvalue weighted by Gasteiger charge is 2.38. The normalized spacial score (nSPS) is 12.9. The lowest BCUT2D eigenvalue weighted by Crippen LogP contribution is -2.52. The van der Waals surface area contributed by atoms with E-state index in [4.69, 9.17) is 10.4 Å². The number of nitrogens with zero attached hydrogens (tertiary/aromatic N) is 1. The van der Waals surface area contributed by atoms with Gasteiger partial charge in [-0.3, -0.25) is 4.99 Å². The molecule has 110 valence electrons. The van der Waals surface area contributed by atoms with E-state index in [1.165, 1.54) is 0 Å². The van der Waals surface area contributed by atoms with E-state index < -0.39 is 11.2 Å². The molecule has 1 aromatic carbocycles. The Kier molecular flexibility index (Phi) is 5.00. The molecule has 4 nitrogen and oxygen atoms in total. The van der Waals surface area contributed by atoms with Crippen LogP contribution < -0.4 is 11.2 Å². The smallest absolute Gasteiger partial charge is 0.324 e. The Morgan fingerprint density at radius 1 is 1.30 bits per heavy atom. The van der Waals surface area contributed by atoms with Gasteiger partial charge in [0, 0.05) is 24.5 Å². The van der Waals surface area contributed by atoms with E-state index in [9.17, 15) is 5.11 Å². The molecule has 0 aromatic heterocycles. The fourth-order valence-corrected chi connectivity index (χ4v) is 1.76. The fourth-order valence-electron chi connectivity index (χ4n) is 1.76. The lowest BCUT2D eigenvalue weighted by Gasteiger charge is -2.39. The van der Waals surface area contributed by atoms with E-state index in [1.807, 2.05) is 38.9 Å². The van der Waals surface area contributed by atoms with Crippen LogP contribution in [-0.2, 0) is 4.65 Å². The van der Waals surface area contributed by atoms with Crippen molar-refractivity contribution in [3.8, 4) is 0 Å². The van der Waals surface area contributed by atoms with Gasteiger partial charge in [-0.25, -0.2) is 0 Å². The zero-order valence-electron chi connectivity index (χ0n) is 13.3. The minimum Gasteiger partial charge on any atom is -0.423 e. The molecule has 5 heteroatoms. The maximum Gasteiger partial charge on any atom is 0.324 e. The van der Waals surface area contributed by atoms with Crippen molar-refractivity contribution in [1.82, 2.24) is 0 Å². The van der Waals surface area contributed by atoms with Crippen molar-refractivity contribution in [1.29, 1.82) is 0 Å². The summed E-state index contributed by atoms with van der Waals surface area (Å²) in [6.45, 7) is 9.04. The second-order valence-corrected chi connectivity index (χ2v) is 6.11. The molecular formula is C15H25BN2O2. The third-order valence-corrected chi connectivity index (χ3v) is 3.79. The van der Waals surface area contributed by atoms with Gasteiger partial charge < -0.3 is 15.5 Å². The van der Waals surface area contributed by atoms with Gasteiger partial charge in [-0.1, -0.05) is 19.0 Å². The van der Waals surface area contributed by atoms with E-state index in [0.717, 1.165) is 11.0 Å². The quantitative estimate of drug-likeness (QED) is 0.489. The Bertz CT molecular complexity index is 493. The topological polar surface area (TPSA) is 67.8 Å². The molecule has 0 unspecified atom stereocenters. The number of aliphatic imine (C=N–C) groups is 1. The summed E-state index contributed by atoms with van der Waals surface area (Å²) in [6, 6.07) is 5.79. The summed E-state index contributed by atoms with van der Waals surface area (Å²) in [7, 11) is 1.71. The van der Waals surface area contributed by atoms with Crippen molar-refractivity contribution in [3.05, 3.63) is 23.8 Å². The molecule has 0 aliphatic rings. The molecule has 0 aliphatic carbocycles. The molecule has 0 bridgehead atoms. The standard InChI is InChI=1S/C15H25BN2O2/c1-14(2,19)15(3,4)20-16(5)12-8-7-11(10-18-6)13(17)9-12/h7-10,19H,17H2,1-6H3. The molecule has 1 rings (SSSR count). The van der Waals surface area contributed by atoms with Crippen molar-refractivity contribution in [2.45, 2.75) is 45.7 Å². The number of benzene rings is 1. The minimum atomic E-state index is -0.929. The molecule has 0 heterocycles. The Hall–Kier alpha value is -1.33. The predicted octanol–water partition coefficient (Wildman–Crippen LogP) is 1.71. The molecular weight excluding hydrogens is 251 g/mol. The third-order valence-electron chi connectivity index (χ3n) is 3.79. The minimum absolute atomic E-state index is 0.161. The van der Waals surface area contributed by atoms with Gasteiger partial charge in [0.05, 0.1) is 11.2 Å². The van der Waals surface area contributed by atoms with E-state index in [0.29, 0.717) is 5.69 Å². The van der Waals surface area contributed by atoms with Crippen LogP contribution in [0.4, 0.5) is 5.69 Å². The molecule has 0 spiro atoms. The first-order valence-electron chi connectivity index (χ1n) is 6.80. The van der Waals surface area contributed by atoms with Crippen molar-refractivity contribution in [3.63, 3.8) is 0 Å². The molecule has 0 fully saturated rings. The van der Waals surface area contributed by atoms with Crippen LogP contribution in [0.15, 0.2) is 23.2 Å². The molecule has 20 heavy (non-hydrogen) atoms. The summed E-state index contributed by atoms with van der Waals surface area (Å²) in [5.41, 5.74) is 6.95. The van der Waals surface area contributed by atoms with Gasteiger partial charge in [0.2, 0.25) is 0 Å². The van der Waals surface area contributed by atoms with Crippen LogP contribution in [0.3, 0.4) is 0 Å². The average Bonchev–Trinajstić information content (AvgIpc) is 2.29. The van der Waals surface area contributed by atoms with Crippen LogP contribution in [0.25, 0.3) is 0 Å². The molecule has 0 saturated carbocycles. The van der Waals surface area contributed by atoms with Gasteiger partial charge in [0.25, 0.3) is 0 Å². The highest BCUT2D eigenvalue weighted by Crippen LogP contribution is 2.25. The molecule has 0 radical (unpaired) electrons. The van der Waals surface area contributed by atoms with E-state index in [2.05, 4.69) is 4.99 Å². The third kappa shape index (κ3) is 3.84. The van der Waals surface area contributed by atoms with Gasteiger partial charge in [-0.15, -0.1) is 0 Å². The summed E-state index contributed by atoms with van der Waals surface area (Å²) in [4.78, 5) is 3.96. The van der Waals surface area contributed by atoms with E-state index in [1.54, 1.807) is 27.1 Å². The average molecular weight is 276 g/mol. The van der Waals surface area contributed by atoms with Crippen LogP contribution in [0, 0.1) is 0 Å². The molecule has 0 aliphatic heterocycles. The summed E-state index contributed by atoms with van der Waals surface area (Å²) in [5, 5.41) is 10.1. The van der Waals surface area contributed by atoms with Gasteiger partial charge in [0.1, 0.15) is 0 Å². The monoisotopic (exact) mass is 276 g/mol. The number of nitrogen functional groups attached to an aromatic ring is 1. The first kappa shape index (κ1) is 16.7. The van der Waals surface area contributed by atoms with Crippen molar-refractivity contribution >= 4 is 24.3 Å². The predicted molar refractivity (Wildman–Crippen MR) is 87.1 cm³/mol. The zero-order valence-corrected chi connectivity index (χ0v) is 13.3. The largest absolute Gasteiger partial charge is 0.423 e. The van der Waals surface area contributed by atoms with Gasteiger partial charge >= 0.3 is 6.92 Å². The SMILES string of the molecule is CN=Cc1ccc(B(C)OC(C)(C)C(C)(C)O)cc1N. The second kappa shape index (κ2) is 5.98. The van der Waals surface area contributed by atoms with Crippen LogP contribution in [0.5, 0.6) is 0 Å². The Morgan fingerprint density at radius 2 is 1.90 bits per heavy atom. The van der Waals surface area contributed by atoms with Crippen LogP contribution in [-0.4, -0.2) is 36.5 Å². The van der Waals surface area contributed by atoms with Crippen LogP contribution in [0.1, 0.15) is 33.3 Å². The van der Waals surface area contributed by atoms with Crippen molar-refractivity contribution in [2.24, 2.45) is 4.99 Å². The number of nitrogens with two attached hydrogens (primary N) is 1. The lowest BCUT2D eigenvalue weighted by molar-refractivity contribution is -0.0918. The molecule has 0 saturated heterocycles. The summed E-state index contributed by atoms with van der Waals surface area (Å²) in [5.74, 6) is 0. The maximum atomic E-state index is 10.1. The Morgan fingerprint density at radius 3 is 2.35 bits per heavy atom. The summed E-state index contributed by atoms with van der Waals surface area (Å²) < 4.78 is 6.00. The lowest BCUT2D eigenvalue weighted by atomic mass is 9.62. The van der Waals surface area contributed by atoms with Crippen LogP contribution in [0.2, 0.25) is 6.82 Å². The number of hydrogen-bond donors (Lipinski definition) is 2. The van der Waals surface area contributed by atoms with Crippen molar-refractivity contribution < 1.29 is 9.76 Å². The Balaban J connectivity index is 2.94. The zero-order chi connectivity index (χ0) is 15.6. The number of hydrogen-bond acceptors (Lipinski definition) is 4. The first-order chi connectivity index (χ1) is 9.08. The number of rotatable bonds is 5. The Labute approximate surface area is 122 Å². The molecule has 1 aromatic rings. The van der Waals surface area contributed by atoms with Crippen LogP contribution >= 0.6 is 0 Å². The molecule has 3 N–H and O–H groups in total. The van der Waals surface area contributed by atoms with Crippen molar-refractivity contribution in [2.75, 3.05) is 12.8 Å². The number of aliphatic hydroxyl groups is 1. The van der Waals surface area contributed by atoms with Gasteiger partial charge in [0.15, 0.2) is 0 Å². The van der Waals surface area contributed by atoms with E-state index in [-0.39, 0.29) is 6.92 Å². The number of anilines is 1. The van der Waals surface area contributed by atoms with Gasteiger partial charge in [-0.05, 0) is 39.2 Å². The highest BCUT2D eigenvalue weighted by atomic mass is 16.5. The molecule has 0 amide bonds. The fraction of sp³-hybridized carbons (Fsp3) is 0.533. The molecule has 0 atom stereocenters. The second-order valence-electron chi connectivity index (χ2n) is 6.11. The summed E-state index contributed by atoms with van der Waals surface area (Å²) >= 11 is 0.